The highest BCUT2D eigenvalue weighted by Gasteiger charge is 2.27. The van der Waals surface area contributed by atoms with Crippen molar-refractivity contribution in [2.24, 2.45) is 0 Å². The topological polar surface area (TPSA) is 76.8 Å². The molecule has 29 heavy (non-hydrogen) atoms. The second-order valence-electron chi connectivity index (χ2n) is 7.19. The lowest BCUT2D eigenvalue weighted by Crippen LogP contribution is -2.37. The monoisotopic (exact) mass is 384 g/mol. The zero-order chi connectivity index (χ0) is 19.6. The van der Waals surface area contributed by atoms with Crippen LogP contribution in [0.5, 0.6) is 0 Å². The Morgan fingerprint density at radius 1 is 1.00 bits per heavy atom. The molecule has 5 rings (SSSR count). The lowest BCUT2D eigenvalue weighted by atomic mass is 10.2. The molecule has 0 saturated carbocycles. The second-order valence-corrected chi connectivity index (χ2v) is 7.19. The van der Waals surface area contributed by atoms with Gasteiger partial charge in [0.1, 0.15) is 5.82 Å². The van der Waals surface area contributed by atoms with E-state index in [4.69, 9.17) is 4.98 Å². The van der Waals surface area contributed by atoms with Gasteiger partial charge in [-0.25, -0.2) is 9.67 Å². The summed E-state index contributed by atoms with van der Waals surface area (Å²) >= 11 is 0. The van der Waals surface area contributed by atoms with E-state index in [-0.39, 0.29) is 11.6 Å². The molecule has 0 radical (unpaired) electrons. The molecule has 7 heteroatoms. The standard InChI is InChI=1S/C22H20N6O/c29-22-10-9-18(16-5-3-11-23-13-16)26-28(22)15-17-6-4-12-27(17)21-14-24-19-7-1-2-8-20(19)25-21/h1-3,5,7-11,13-14,17H,4,6,12,15H2. The van der Waals surface area contributed by atoms with Crippen LogP contribution in [-0.2, 0) is 6.54 Å². The molecule has 144 valence electrons. The summed E-state index contributed by atoms with van der Waals surface area (Å²) in [6.45, 7) is 1.41. The summed E-state index contributed by atoms with van der Waals surface area (Å²) in [5, 5.41) is 4.59. The van der Waals surface area contributed by atoms with Crippen LogP contribution in [0.2, 0.25) is 0 Å². The van der Waals surface area contributed by atoms with E-state index >= 15 is 0 Å². The SMILES string of the molecule is O=c1ccc(-c2cccnc2)nn1CC1CCCN1c1cnc2ccccc2n1. The molecular weight excluding hydrogens is 364 g/mol. The van der Waals surface area contributed by atoms with E-state index in [0.717, 1.165) is 47.5 Å². The van der Waals surface area contributed by atoms with Crippen LogP contribution in [0.15, 0.2) is 71.9 Å². The number of aromatic nitrogens is 5. The number of hydrogen-bond acceptors (Lipinski definition) is 6. The fraction of sp³-hybridized carbons (Fsp3) is 0.227. The van der Waals surface area contributed by atoms with E-state index in [1.54, 1.807) is 29.2 Å². The minimum atomic E-state index is -0.103. The highest BCUT2D eigenvalue weighted by atomic mass is 16.1. The Balaban J connectivity index is 1.44. The van der Waals surface area contributed by atoms with Crippen LogP contribution in [0.25, 0.3) is 22.3 Å². The second kappa shape index (κ2) is 7.43. The zero-order valence-electron chi connectivity index (χ0n) is 15.8. The third kappa shape index (κ3) is 3.47. The molecule has 1 saturated heterocycles. The highest BCUT2D eigenvalue weighted by Crippen LogP contribution is 2.25. The van der Waals surface area contributed by atoms with Gasteiger partial charge in [0, 0.05) is 30.6 Å². The molecule has 0 N–H and O–H groups in total. The van der Waals surface area contributed by atoms with Crippen molar-refractivity contribution in [1.29, 1.82) is 0 Å². The Labute approximate surface area is 167 Å². The first-order chi connectivity index (χ1) is 14.3. The van der Waals surface area contributed by atoms with Crippen LogP contribution < -0.4 is 10.5 Å². The first-order valence-corrected chi connectivity index (χ1v) is 9.75. The van der Waals surface area contributed by atoms with Crippen LogP contribution in [0.3, 0.4) is 0 Å². The van der Waals surface area contributed by atoms with Crippen LogP contribution in [0.4, 0.5) is 5.82 Å². The quantitative estimate of drug-likeness (QED) is 0.538. The van der Waals surface area contributed by atoms with Crippen molar-refractivity contribution >= 4 is 16.9 Å². The lowest BCUT2D eigenvalue weighted by molar-refractivity contribution is 0.489. The first-order valence-electron chi connectivity index (χ1n) is 9.75. The lowest BCUT2D eigenvalue weighted by Gasteiger charge is -2.26. The summed E-state index contributed by atoms with van der Waals surface area (Å²) in [6.07, 6.45) is 7.34. The maximum atomic E-state index is 12.4. The smallest absolute Gasteiger partial charge is 0.266 e. The predicted molar refractivity (Wildman–Crippen MR) is 112 cm³/mol. The van der Waals surface area contributed by atoms with Gasteiger partial charge in [-0.05, 0) is 43.2 Å². The molecule has 1 fully saturated rings. The third-order valence-corrected chi connectivity index (χ3v) is 5.31. The zero-order valence-corrected chi connectivity index (χ0v) is 15.8. The molecule has 1 unspecified atom stereocenters. The fourth-order valence-electron chi connectivity index (χ4n) is 3.86. The largest absolute Gasteiger partial charge is 0.350 e. The predicted octanol–water partition coefficient (Wildman–Crippen LogP) is 2.92. The maximum absolute atomic E-state index is 12.4. The number of nitrogens with zero attached hydrogens (tertiary/aromatic N) is 6. The van der Waals surface area contributed by atoms with Crippen molar-refractivity contribution in [1.82, 2.24) is 24.7 Å². The maximum Gasteiger partial charge on any atom is 0.266 e. The van der Waals surface area contributed by atoms with Crippen molar-refractivity contribution in [3.63, 3.8) is 0 Å². The molecule has 0 amide bonds. The van der Waals surface area contributed by atoms with Gasteiger partial charge in [-0.3, -0.25) is 14.8 Å². The van der Waals surface area contributed by atoms with E-state index in [9.17, 15) is 4.79 Å². The fourth-order valence-corrected chi connectivity index (χ4v) is 3.86. The summed E-state index contributed by atoms with van der Waals surface area (Å²) in [5.74, 6) is 0.850. The van der Waals surface area contributed by atoms with Crippen LogP contribution >= 0.6 is 0 Å². The van der Waals surface area contributed by atoms with Crippen molar-refractivity contribution in [3.05, 3.63) is 77.5 Å². The number of anilines is 1. The minimum Gasteiger partial charge on any atom is -0.350 e. The highest BCUT2D eigenvalue weighted by molar-refractivity contribution is 5.75. The van der Waals surface area contributed by atoms with E-state index in [1.165, 1.54) is 0 Å². The normalized spacial score (nSPS) is 16.4. The van der Waals surface area contributed by atoms with Gasteiger partial charge in [0.25, 0.3) is 5.56 Å². The molecule has 4 aromatic rings. The molecule has 0 bridgehead atoms. The van der Waals surface area contributed by atoms with Crippen LogP contribution in [0, 0.1) is 0 Å². The molecule has 4 heterocycles. The van der Waals surface area contributed by atoms with Gasteiger partial charge in [-0.1, -0.05) is 12.1 Å². The number of hydrogen-bond donors (Lipinski definition) is 0. The van der Waals surface area contributed by atoms with Gasteiger partial charge in [0.2, 0.25) is 0 Å². The van der Waals surface area contributed by atoms with E-state index in [1.807, 2.05) is 42.6 Å². The minimum absolute atomic E-state index is 0.103. The first kappa shape index (κ1) is 17.5. The molecular formula is C22H20N6O. The van der Waals surface area contributed by atoms with Crippen LogP contribution in [-0.4, -0.2) is 37.3 Å². The Morgan fingerprint density at radius 2 is 1.90 bits per heavy atom. The summed E-state index contributed by atoms with van der Waals surface area (Å²) in [7, 11) is 0. The number of benzene rings is 1. The molecule has 1 aromatic carbocycles. The Hall–Kier alpha value is -3.61. The average Bonchev–Trinajstić information content (AvgIpc) is 3.24. The Bertz CT molecular complexity index is 1210. The molecule has 1 aliphatic rings. The molecule has 3 aromatic heterocycles. The van der Waals surface area contributed by atoms with Gasteiger partial charge in [0.05, 0.1) is 35.5 Å². The molecule has 7 nitrogen and oxygen atoms in total. The van der Waals surface area contributed by atoms with Gasteiger partial charge in [-0.2, -0.15) is 5.10 Å². The summed E-state index contributed by atoms with van der Waals surface area (Å²) in [4.78, 5) is 28.2. The molecule has 1 aliphatic heterocycles. The third-order valence-electron chi connectivity index (χ3n) is 5.31. The van der Waals surface area contributed by atoms with Crippen molar-refractivity contribution in [2.45, 2.75) is 25.4 Å². The summed E-state index contributed by atoms with van der Waals surface area (Å²) in [6, 6.07) is 15.1. The van der Waals surface area contributed by atoms with Gasteiger partial charge >= 0.3 is 0 Å². The number of rotatable bonds is 4. The number of para-hydroxylation sites is 2. The van der Waals surface area contributed by atoms with Gasteiger partial charge in [-0.15, -0.1) is 0 Å². The molecule has 0 spiro atoms. The summed E-state index contributed by atoms with van der Waals surface area (Å²) in [5.41, 5.74) is 3.30. The van der Waals surface area contributed by atoms with E-state index < -0.39 is 0 Å². The average molecular weight is 384 g/mol. The Kier molecular flexibility index (Phi) is 4.48. The number of fused-ring (bicyclic) bond motifs is 1. The van der Waals surface area contributed by atoms with E-state index in [0.29, 0.717) is 6.54 Å². The van der Waals surface area contributed by atoms with Gasteiger partial charge in [0.15, 0.2) is 0 Å². The van der Waals surface area contributed by atoms with Crippen molar-refractivity contribution in [2.75, 3.05) is 11.4 Å². The van der Waals surface area contributed by atoms with Gasteiger partial charge < -0.3 is 4.90 Å². The van der Waals surface area contributed by atoms with E-state index in [2.05, 4.69) is 20.0 Å². The number of pyridine rings is 1. The molecule has 0 aliphatic carbocycles. The van der Waals surface area contributed by atoms with Crippen LogP contribution in [0.1, 0.15) is 12.8 Å². The van der Waals surface area contributed by atoms with Crippen molar-refractivity contribution < 1.29 is 0 Å². The Morgan fingerprint density at radius 3 is 2.76 bits per heavy atom. The molecule has 1 atom stereocenters. The summed E-state index contributed by atoms with van der Waals surface area (Å²) < 4.78 is 1.56. The van der Waals surface area contributed by atoms with Crippen molar-refractivity contribution in [3.8, 4) is 11.3 Å².